The molecule has 19 heavy (non-hydrogen) atoms. The molecule has 0 aliphatic carbocycles. The van der Waals surface area contributed by atoms with Gasteiger partial charge in [0.15, 0.2) is 0 Å². The number of aromatic carboxylic acids is 1. The number of rotatable bonds is 4. The molecule has 0 radical (unpaired) electrons. The van der Waals surface area contributed by atoms with Crippen molar-refractivity contribution in [2.45, 2.75) is 23.2 Å². The second-order valence-corrected chi connectivity index (χ2v) is 4.99. The molecule has 0 bridgehead atoms. The van der Waals surface area contributed by atoms with Crippen molar-refractivity contribution < 1.29 is 33.0 Å². The highest BCUT2D eigenvalue weighted by Gasteiger charge is 2.32. The first-order valence-electron chi connectivity index (χ1n) is 4.97. The number of thioether (sulfide) groups is 1. The van der Waals surface area contributed by atoms with Gasteiger partial charge >= 0.3 is 18.1 Å². The SMILES string of the molecule is CC(Sc1ccc(C(F)(F)F)cc1C(=O)O)C(=O)O. The fourth-order valence-corrected chi connectivity index (χ4v) is 2.12. The Labute approximate surface area is 110 Å². The van der Waals surface area contributed by atoms with Gasteiger partial charge in [-0.25, -0.2) is 4.79 Å². The summed E-state index contributed by atoms with van der Waals surface area (Å²) in [6.07, 6.45) is -4.65. The summed E-state index contributed by atoms with van der Waals surface area (Å²) < 4.78 is 37.4. The molecule has 2 N–H and O–H groups in total. The molecule has 0 amide bonds. The topological polar surface area (TPSA) is 74.6 Å². The predicted molar refractivity (Wildman–Crippen MR) is 61.4 cm³/mol. The largest absolute Gasteiger partial charge is 0.480 e. The highest BCUT2D eigenvalue weighted by Crippen LogP contribution is 2.34. The Morgan fingerprint density at radius 2 is 1.84 bits per heavy atom. The minimum Gasteiger partial charge on any atom is -0.480 e. The first-order valence-corrected chi connectivity index (χ1v) is 5.85. The Morgan fingerprint density at radius 1 is 1.26 bits per heavy atom. The molecule has 4 nitrogen and oxygen atoms in total. The van der Waals surface area contributed by atoms with Crippen LogP contribution in [0.3, 0.4) is 0 Å². The van der Waals surface area contributed by atoms with Crippen molar-refractivity contribution in [3.63, 3.8) is 0 Å². The van der Waals surface area contributed by atoms with Crippen LogP contribution in [0.15, 0.2) is 23.1 Å². The van der Waals surface area contributed by atoms with Crippen LogP contribution in [0.5, 0.6) is 0 Å². The van der Waals surface area contributed by atoms with Crippen molar-refractivity contribution in [2.75, 3.05) is 0 Å². The van der Waals surface area contributed by atoms with Crippen molar-refractivity contribution in [3.05, 3.63) is 29.3 Å². The quantitative estimate of drug-likeness (QED) is 0.835. The summed E-state index contributed by atoms with van der Waals surface area (Å²) in [4.78, 5) is 21.6. The molecule has 0 spiro atoms. The third kappa shape index (κ3) is 3.88. The van der Waals surface area contributed by atoms with E-state index in [0.29, 0.717) is 17.8 Å². The lowest BCUT2D eigenvalue weighted by atomic mass is 10.1. The Bertz CT molecular complexity index is 513. The van der Waals surface area contributed by atoms with Gasteiger partial charge in [0.2, 0.25) is 0 Å². The minimum atomic E-state index is -4.65. The molecule has 1 atom stereocenters. The molecule has 0 saturated carbocycles. The fourth-order valence-electron chi connectivity index (χ4n) is 1.22. The second kappa shape index (κ2) is 5.52. The van der Waals surface area contributed by atoms with E-state index in [1.54, 1.807) is 0 Å². The van der Waals surface area contributed by atoms with Crippen LogP contribution in [0.25, 0.3) is 0 Å². The normalized spacial score (nSPS) is 13.1. The van der Waals surface area contributed by atoms with Gasteiger partial charge in [-0.3, -0.25) is 4.79 Å². The van der Waals surface area contributed by atoms with E-state index < -0.39 is 34.5 Å². The molecule has 0 fully saturated rings. The summed E-state index contributed by atoms with van der Waals surface area (Å²) in [5.41, 5.74) is -1.65. The zero-order valence-corrected chi connectivity index (χ0v) is 10.4. The lowest BCUT2D eigenvalue weighted by Gasteiger charge is -2.12. The number of halogens is 3. The van der Waals surface area contributed by atoms with E-state index in [4.69, 9.17) is 10.2 Å². The lowest BCUT2D eigenvalue weighted by molar-refractivity contribution is -0.138. The molecule has 1 aromatic carbocycles. The number of carboxylic acids is 2. The average Bonchev–Trinajstić information content (AvgIpc) is 2.27. The first kappa shape index (κ1) is 15.4. The molecule has 1 aromatic rings. The number of benzene rings is 1. The van der Waals surface area contributed by atoms with Crippen LogP contribution in [0.2, 0.25) is 0 Å². The summed E-state index contributed by atoms with van der Waals surface area (Å²) >= 11 is 0.678. The van der Waals surface area contributed by atoms with E-state index in [9.17, 15) is 22.8 Å². The van der Waals surface area contributed by atoms with Crippen LogP contribution in [0.1, 0.15) is 22.8 Å². The van der Waals surface area contributed by atoms with Gasteiger partial charge in [0.25, 0.3) is 0 Å². The molecule has 0 saturated heterocycles. The van der Waals surface area contributed by atoms with Crippen molar-refractivity contribution >= 4 is 23.7 Å². The molecular formula is C11H9F3O4S. The number of aliphatic carboxylic acids is 1. The summed E-state index contributed by atoms with van der Waals surface area (Å²) in [5.74, 6) is -2.72. The minimum absolute atomic E-state index is 0.0181. The van der Waals surface area contributed by atoms with Gasteiger partial charge in [-0.1, -0.05) is 0 Å². The van der Waals surface area contributed by atoms with E-state index >= 15 is 0 Å². The molecule has 1 rings (SSSR count). The number of carbonyl (C=O) groups is 2. The van der Waals surface area contributed by atoms with E-state index in [0.717, 1.165) is 12.1 Å². The Hall–Kier alpha value is -1.70. The maximum atomic E-state index is 12.5. The number of alkyl halides is 3. The van der Waals surface area contributed by atoms with Gasteiger partial charge in [0.05, 0.1) is 11.1 Å². The van der Waals surface area contributed by atoms with E-state index in [1.165, 1.54) is 6.92 Å². The predicted octanol–water partition coefficient (Wildman–Crippen LogP) is 2.97. The number of hydrogen-bond acceptors (Lipinski definition) is 3. The fraction of sp³-hybridized carbons (Fsp3) is 0.273. The van der Waals surface area contributed by atoms with Crippen LogP contribution < -0.4 is 0 Å². The maximum Gasteiger partial charge on any atom is 0.416 e. The smallest absolute Gasteiger partial charge is 0.416 e. The maximum absolute atomic E-state index is 12.5. The van der Waals surface area contributed by atoms with Crippen LogP contribution in [0, 0.1) is 0 Å². The Kier molecular flexibility index (Phi) is 4.46. The molecule has 8 heteroatoms. The standard InChI is InChI=1S/C11H9F3O4S/c1-5(9(15)16)19-8-3-2-6(11(12,13)14)4-7(8)10(17)18/h2-5H,1H3,(H,15,16)(H,17,18). The molecule has 104 valence electrons. The number of carboxylic acid groups (broad SMARTS) is 2. The Balaban J connectivity index is 3.19. The van der Waals surface area contributed by atoms with Crippen molar-refractivity contribution in [2.24, 2.45) is 0 Å². The first-order chi connectivity index (χ1) is 8.62. The van der Waals surface area contributed by atoms with Crippen LogP contribution >= 0.6 is 11.8 Å². The van der Waals surface area contributed by atoms with E-state index in [-0.39, 0.29) is 4.90 Å². The molecule has 0 aliphatic heterocycles. The van der Waals surface area contributed by atoms with Crippen molar-refractivity contribution in [1.29, 1.82) is 0 Å². The van der Waals surface area contributed by atoms with Gasteiger partial charge in [-0.2, -0.15) is 13.2 Å². The van der Waals surface area contributed by atoms with E-state index in [2.05, 4.69) is 0 Å². The van der Waals surface area contributed by atoms with Crippen LogP contribution in [-0.2, 0) is 11.0 Å². The third-order valence-corrected chi connectivity index (χ3v) is 3.35. The molecule has 1 unspecified atom stereocenters. The van der Waals surface area contributed by atoms with Gasteiger partial charge in [0.1, 0.15) is 5.25 Å². The zero-order valence-electron chi connectivity index (χ0n) is 9.56. The highest BCUT2D eigenvalue weighted by atomic mass is 32.2. The number of hydrogen-bond donors (Lipinski definition) is 2. The zero-order chi connectivity index (χ0) is 14.8. The van der Waals surface area contributed by atoms with Crippen LogP contribution in [0.4, 0.5) is 13.2 Å². The summed E-state index contributed by atoms with van der Waals surface area (Å²) in [6.45, 7) is 1.32. The molecule has 0 aromatic heterocycles. The summed E-state index contributed by atoms with van der Waals surface area (Å²) in [5, 5.41) is 16.6. The van der Waals surface area contributed by atoms with Gasteiger partial charge in [-0.05, 0) is 25.1 Å². The average molecular weight is 294 g/mol. The van der Waals surface area contributed by atoms with E-state index in [1.807, 2.05) is 0 Å². The van der Waals surface area contributed by atoms with Crippen molar-refractivity contribution in [1.82, 2.24) is 0 Å². The van der Waals surface area contributed by atoms with Crippen molar-refractivity contribution in [3.8, 4) is 0 Å². The van der Waals surface area contributed by atoms with Gasteiger partial charge in [0, 0.05) is 4.90 Å². The lowest BCUT2D eigenvalue weighted by Crippen LogP contribution is -2.13. The Morgan fingerprint density at radius 3 is 2.26 bits per heavy atom. The van der Waals surface area contributed by atoms with Gasteiger partial charge < -0.3 is 10.2 Å². The second-order valence-electron chi connectivity index (χ2n) is 3.61. The highest BCUT2D eigenvalue weighted by molar-refractivity contribution is 8.00. The summed E-state index contributed by atoms with van der Waals surface area (Å²) in [6, 6.07) is 2.19. The third-order valence-electron chi connectivity index (χ3n) is 2.19. The monoisotopic (exact) mass is 294 g/mol. The molecule has 0 heterocycles. The molecule has 0 aliphatic rings. The van der Waals surface area contributed by atoms with Crippen LogP contribution in [-0.4, -0.2) is 27.4 Å². The molecular weight excluding hydrogens is 285 g/mol. The van der Waals surface area contributed by atoms with Gasteiger partial charge in [-0.15, -0.1) is 11.8 Å². The summed E-state index contributed by atoms with van der Waals surface area (Å²) in [7, 11) is 0.